The molecule has 6 heteroatoms. The number of fused-ring (bicyclic) bond motifs is 3. The van der Waals surface area contributed by atoms with Crippen LogP contribution in [0.25, 0.3) is 5.57 Å². The Morgan fingerprint density at radius 2 is 2.26 bits per heavy atom. The zero-order valence-electron chi connectivity index (χ0n) is 15.5. The van der Waals surface area contributed by atoms with E-state index in [0.29, 0.717) is 18.2 Å². The van der Waals surface area contributed by atoms with Crippen molar-refractivity contribution in [3.63, 3.8) is 0 Å². The van der Waals surface area contributed by atoms with Crippen molar-refractivity contribution in [3.05, 3.63) is 48.0 Å². The van der Waals surface area contributed by atoms with Gasteiger partial charge in [-0.15, -0.1) is 0 Å². The molecule has 1 unspecified atom stereocenters. The molecule has 0 saturated carbocycles. The Hall–Kier alpha value is -2.60. The van der Waals surface area contributed by atoms with E-state index in [0.717, 1.165) is 41.9 Å². The van der Waals surface area contributed by atoms with Crippen molar-refractivity contribution >= 4 is 23.4 Å². The van der Waals surface area contributed by atoms with Gasteiger partial charge in [-0.3, -0.25) is 4.79 Å². The molecule has 4 rings (SSSR count). The zero-order chi connectivity index (χ0) is 18.8. The van der Waals surface area contributed by atoms with Crippen LogP contribution in [0.15, 0.2) is 41.9 Å². The van der Waals surface area contributed by atoms with Crippen LogP contribution in [0.1, 0.15) is 30.4 Å². The summed E-state index contributed by atoms with van der Waals surface area (Å²) in [4.78, 5) is 18.4. The second-order valence-corrected chi connectivity index (χ2v) is 7.52. The number of allylic oxidation sites excluding steroid dienone is 1. The fraction of sp³-hybridized carbons (Fsp3) is 0.429. The second kappa shape index (κ2) is 7.56. The first kappa shape index (κ1) is 17.8. The largest absolute Gasteiger partial charge is 0.474 e. The zero-order valence-corrected chi connectivity index (χ0v) is 15.5. The third-order valence-corrected chi connectivity index (χ3v) is 5.68. The first-order valence-corrected chi connectivity index (χ1v) is 9.59. The van der Waals surface area contributed by atoms with Gasteiger partial charge in [0.25, 0.3) is 0 Å². The smallest absolute Gasteiger partial charge is 0.228 e. The Labute approximate surface area is 159 Å². The van der Waals surface area contributed by atoms with Gasteiger partial charge >= 0.3 is 0 Å². The number of nitrogens with zero attached hydrogens (tertiary/aromatic N) is 2. The molecular formula is C21H26N4O2. The number of hydrogen-bond donors (Lipinski definition) is 2. The van der Waals surface area contributed by atoms with Crippen molar-refractivity contribution < 1.29 is 9.53 Å². The Balaban J connectivity index is 1.40. The molecular weight excluding hydrogens is 340 g/mol. The summed E-state index contributed by atoms with van der Waals surface area (Å²) < 4.78 is 6.05. The van der Waals surface area contributed by atoms with Crippen molar-refractivity contribution in [2.45, 2.75) is 31.8 Å². The standard InChI is InChI=1S/C21H26N4O2/c1-14(27-20-6-8-25-7-2-3-16(20)13-25)23-12-18(11-22)15-4-5-19-17(9-15)10-21(26)24-19/h4-5,9,11-12,16,20H,1-3,6-8,10,13,22H2,(H,24,26)/b18-11+,23-12-/t16-,20+/m1/s1. The molecule has 0 aromatic heterocycles. The van der Waals surface area contributed by atoms with E-state index >= 15 is 0 Å². The van der Waals surface area contributed by atoms with Crippen molar-refractivity contribution in [2.24, 2.45) is 16.6 Å². The number of piperidine rings is 2. The van der Waals surface area contributed by atoms with E-state index in [2.05, 4.69) is 21.8 Å². The summed E-state index contributed by atoms with van der Waals surface area (Å²) in [7, 11) is 0. The molecule has 1 amide bonds. The van der Waals surface area contributed by atoms with E-state index in [4.69, 9.17) is 10.5 Å². The van der Waals surface area contributed by atoms with Crippen LogP contribution in [0, 0.1) is 5.92 Å². The summed E-state index contributed by atoms with van der Waals surface area (Å²) in [6, 6.07) is 5.80. The number of rotatable bonds is 5. The Morgan fingerprint density at radius 3 is 3.11 bits per heavy atom. The van der Waals surface area contributed by atoms with Crippen LogP contribution in [-0.4, -0.2) is 42.8 Å². The molecule has 3 N–H and O–H groups in total. The Bertz CT molecular complexity index is 814. The highest BCUT2D eigenvalue weighted by molar-refractivity contribution is 6.10. The minimum Gasteiger partial charge on any atom is -0.474 e. The monoisotopic (exact) mass is 366 g/mol. The summed E-state index contributed by atoms with van der Waals surface area (Å²) in [5, 5.41) is 2.83. The van der Waals surface area contributed by atoms with E-state index in [-0.39, 0.29) is 12.0 Å². The minimum atomic E-state index is 0.0182. The Morgan fingerprint density at radius 1 is 1.37 bits per heavy atom. The molecule has 3 aliphatic rings. The van der Waals surface area contributed by atoms with Crippen LogP contribution in [0.4, 0.5) is 5.69 Å². The molecule has 6 nitrogen and oxygen atoms in total. The summed E-state index contributed by atoms with van der Waals surface area (Å²) in [6.45, 7) is 7.40. The second-order valence-electron chi connectivity index (χ2n) is 7.52. The normalized spacial score (nSPS) is 27.3. The first-order chi connectivity index (χ1) is 13.1. The van der Waals surface area contributed by atoms with Crippen LogP contribution in [0.5, 0.6) is 0 Å². The van der Waals surface area contributed by atoms with Gasteiger partial charge in [-0.1, -0.05) is 6.07 Å². The average molecular weight is 366 g/mol. The van der Waals surface area contributed by atoms with Crippen molar-refractivity contribution in [1.29, 1.82) is 0 Å². The fourth-order valence-corrected chi connectivity index (χ4v) is 4.27. The Kier molecular flexibility index (Phi) is 4.99. The summed E-state index contributed by atoms with van der Waals surface area (Å²) in [6.07, 6.45) is 7.29. The molecule has 3 aliphatic heterocycles. The van der Waals surface area contributed by atoms with Gasteiger partial charge in [0.1, 0.15) is 6.10 Å². The molecule has 0 aliphatic carbocycles. The average Bonchev–Trinajstić information content (AvgIpc) is 3.04. The molecule has 2 fully saturated rings. The fourth-order valence-electron chi connectivity index (χ4n) is 4.27. The van der Waals surface area contributed by atoms with Gasteiger partial charge in [0.2, 0.25) is 11.8 Å². The predicted octanol–water partition coefficient (Wildman–Crippen LogP) is 2.52. The number of carbonyl (C=O) groups excluding carboxylic acids is 1. The van der Waals surface area contributed by atoms with Crippen LogP contribution >= 0.6 is 0 Å². The summed E-state index contributed by atoms with van der Waals surface area (Å²) in [5.74, 6) is 1.02. The topological polar surface area (TPSA) is 79.9 Å². The number of hydrogen-bond acceptors (Lipinski definition) is 5. The molecule has 0 spiro atoms. The maximum absolute atomic E-state index is 11.5. The first-order valence-electron chi connectivity index (χ1n) is 9.59. The lowest BCUT2D eigenvalue weighted by atomic mass is 9.87. The van der Waals surface area contributed by atoms with Crippen LogP contribution in [-0.2, 0) is 16.0 Å². The lowest BCUT2D eigenvalue weighted by molar-refractivity contribution is -0.115. The van der Waals surface area contributed by atoms with Crippen molar-refractivity contribution in [3.8, 4) is 0 Å². The van der Waals surface area contributed by atoms with Crippen LogP contribution in [0.3, 0.4) is 0 Å². The van der Waals surface area contributed by atoms with Gasteiger partial charge in [-0.25, -0.2) is 4.99 Å². The number of benzene rings is 1. The van der Waals surface area contributed by atoms with Gasteiger partial charge in [0.05, 0.1) is 6.42 Å². The molecule has 2 saturated heterocycles. The molecule has 3 atom stereocenters. The number of aliphatic imine (C=N–C) groups is 1. The van der Waals surface area contributed by atoms with Gasteiger partial charge in [-0.2, -0.15) is 0 Å². The minimum absolute atomic E-state index is 0.0182. The molecule has 3 heterocycles. The number of nitrogens with two attached hydrogens (primary N) is 1. The highest BCUT2D eigenvalue weighted by Crippen LogP contribution is 2.30. The SMILES string of the molecule is C=C(/N=C\C(=C/N)c1ccc2c(c1)CC(=O)N2)O[C@H]1CCN2CCC[C@@H]1C2. The highest BCUT2D eigenvalue weighted by Gasteiger charge is 2.33. The third-order valence-electron chi connectivity index (χ3n) is 5.68. The lowest BCUT2D eigenvalue weighted by Crippen LogP contribution is -2.47. The van der Waals surface area contributed by atoms with Gasteiger partial charge in [0, 0.05) is 42.7 Å². The van der Waals surface area contributed by atoms with E-state index < -0.39 is 0 Å². The maximum atomic E-state index is 11.5. The quantitative estimate of drug-likeness (QED) is 0.620. The van der Waals surface area contributed by atoms with Gasteiger partial charge in [-0.05, 0) is 55.6 Å². The lowest BCUT2D eigenvalue weighted by Gasteiger charge is -2.42. The van der Waals surface area contributed by atoms with Crippen LogP contribution < -0.4 is 11.1 Å². The van der Waals surface area contributed by atoms with E-state index in [9.17, 15) is 4.79 Å². The molecule has 0 radical (unpaired) electrons. The maximum Gasteiger partial charge on any atom is 0.228 e. The number of carbonyl (C=O) groups is 1. The van der Waals surface area contributed by atoms with E-state index in [1.54, 1.807) is 6.21 Å². The molecule has 2 bridgehead atoms. The summed E-state index contributed by atoms with van der Waals surface area (Å²) >= 11 is 0. The predicted molar refractivity (Wildman–Crippen MR) is 107 cm³/mol. The van der Waals surface area contributed by atoms with Gasteiger partial charge < -0.3 is 20.7 Å². The molecule has 1 aromatic carbocycles. The molecule has 1 aromatic rings. The van der Waals surface area contributed by atoms with E-state index in [1.165, 1.54) is 25.6 Å². The summed E-state index contributed by atoms with van der Waals surface area (Å²) in [5.41, 5.74) is 9.34. The van der Waals surface area contributed by atoms with Gasteiger partial charge in [0.15, 0.2) is 0 Å². The van der Waals surface area contributed by atoms with E-state index in [1.807, 2.05) is 18.2 Å². The highest BCUT2D eigenvalue weighted by atomic mass is 16.5. The van der Waals surface area contributed by atoms with Crippen molar-refractivity contribution in [1.82, 2.24) is 4.90 Å². The number of anilines is 1. The number of nitrogens with one attached hydrogen (secondary N) is 1. The van der Waals surface area contributed by atoms with Crippen molar-refractivity contribution in [2.75, 3.05) is 25.0 Å². The number of amides is 1. The molecule has 27 heavy (non-hydrogen) atoms. The third kappa shape index (κ3) is 3.90. The van der Waals surface area contributed by atoms with Crippen LogP contribution in [0.2, 0.25) is 0 Å². The molecule has 142 valence electrons. The number of ether oxygens (including phenoxy) is 1.